The van der Waals surface area contributed by atoms with E-state index in [2.05, 4.69) is 20.4 Å². The number of esters is 1. The molecular formula is C17H15Cl2N5O3. The molecule has 1 aromatic carbocycles. The minimum absolute atomic E-state index is 0.179. The summed E-state index contributed by atoms with van der Waals surface area (Å²) in [7, 11) is 0. The van der Waals surface area contributed by atoms with Crippen LogP contribution in [0.25, 0.3) is 5.78 Å². The molecule has 0 radical (unpaired) electrons. The summed E-state index contributed by atoms with van der Waals surface area (Å²) in [4.78, 5) is 32.8. The number of aromatic nitrogens is 4. The highest BCUT2D eigenvalue weighted by Gasteiger charge is 2.23. The highest BCUT2D eigenvalue weighted by molar-refractivity contribution is 6.35. The normalized spacial score (nSPS) is 12.0. The van der Waals surface area contributed by atoms with Crippen LogP contribution >= 0.6 is 23.2 Å². The SMILES string of the molecule is Cc1cc(C)n2nc(C(=O)O[C@@H](C)C(=O)Nc3cc(Cl)cc(Cl)c3)nc2n1. The molecule has 0 bridgehead atoms. The number of ether oxygens (including phenoxy) is 1. The maximum atomic E-state index is 12.3. The average molecular weight is 408 g/mol. The third kappa shape index (κ3) is 4.35. The van der Waals surface area contributed by atoms with E-state index in [0.717, 1.165) is 11.4 Å². The number of hydrogen-bond donors (Lipinski definition) is 1. The summed E-state index contributed by atoms with van der Waals surface area (Å²) >= 11 is 11.8. The zero-order valence-electron chi connectivity index (χ0n) is 14.7. The van der Waals surface area contributed by atoms with E-state index in [1.54, 1.807) is 0 Å². The topological polar surface area (TPSA) is 98.5 Å². The lowest BCUT2D eigenvalue weighted by Gasteiger charge is -2.12. The summed E-state index contributed by atoms with van der Waals surface area (Å²) in [5, 5.41) is 7.39. The molecule has 27 heavy (non-hydrogen) atoms. The zero-order valence-corrected chi connectivity index (χ0v) is 16.2. The van der Waals surface area contributed by atoms with E-state index in [1.165, 1.54) is 29.6 Å². The summed E-state index contributed by atoms with van der Waals surface area (Å²) in [5.74, 6) is -1.27. The molecule has 1 N–H and O–H groups in total. The Kier molecular flexibility index (Phi) is 5.29. The van der Waals surface area contributed by atoms with Gasteiger partial charge >= 0.3 is 5.97 Å². The number of rotatable bonds is 4. The maximum Gasteiger partial charge on any atom is 0.379 e. The summed E-state index contributed by atoms with van der Waals surface area (Å²) < 4.78 is 6.58. The van der Waals surface area contributed by atoms with Crippen molar-refractivity contribution in [2.24, 2.45) is 0 Å². The Bertz CT molecular complexity index is 1030. The molecule has 3 rings (SSSR count). The Hall–Kier alpha value is -2.71. The fourth-order valence-corrected chi connectivity index (χ4v) is 2.92. The number of hydrogen-bond acceptors (Lipinski definition) is 6. The first-order valence-corrected chi connectivity index (χ1v) is 8.67. The molecule has 0 aliphatic rings. The first kappa shape index (κ1) is 19.1. The minimum atomic E-state index is -1.09. The van der Waals surface area contributed by atoms with Crippen LogP contribution in [0, 0.1) is 13.8 Å². The Balaban J connectivity index is 1.71. The Labute approximate surface area is 164 Å². The van der Waals surface area contributed by atoms with E-state index < -0.39 is 18.0 Å². The van der Waals surface area contributed by atoms with Crippen LogP contribution in [0.4, 0.5) is 5.69 Å². The van der Waals surface area contributed by atoms with Gasteiger partial charge in [0.15, 0.2) is 6.10 Å². The van der Waals surface area contributed by atoms with Crippen LogP contribution in [0.1, 0.15) is 28.9 Å². The number of anilines is 1. The van der Waals surface area contributed by atoms with Crippen molar-refractivity contribution in [2.45, 2.75) is 26.9 Å². The first-order chi connectivity index (χ1) is 12.7. The molecule has 1 atom stereocenters. The number of aryl methyl sites for hydroxylation is 2. The maximum absolute atomic E-state index is 12.3. The Morgan fingerprint density at radius 1 is 1.11 bits per heavy atom. The predicted octanol–water partition coefficient (Wildman–Crippen LogP) is 3.23. The van der Waals surface area contributed by atoms with Crippen LogP contribution in [-0.2, 0) is 9.53 Å². The molecular weight excluding hydrogens is 393 g/mol. The third-order valence-corrected chi connectivity index (χ3v) is 4.02. The molecule has 3 aromatic rings. The molecule has 0 saturated heterocycles. The molecule has 1 amide bonds. The van der Waals surface area contributed by atoms with Gasteiger partial charge in [-0.15, -0.1) is 5.10 Å². The van der Waals surface area contributed by atoms with Gasteiger partial charge in [-0.05, 0) is 45.0 Å². The van der Waals surface area contributed by atoms with Gasteiger partial charge in [0.2, 0.25) is 0 Å². The zero-order chi connectivity index (χ0) is 19.7. The first-order valence-electron chi connectivity index (χ1n) is 7.92. The molecule has 2 aromatic heterocycles. The van der Waals surface area contributed by atoms with Crippen molar-refractivity contribution in [1.29, 1.82) is 0 Å². The molecule has 0 spiro atoms. The van der Waals surface area contributed by atoms with Crippen molar-refractivity contribution in [3.63, 3.8) is 0 Å². The number of fused-ring (bicyclic) bond motifs is 1. The van der Waals surface area contributed by atoms with Crippen LogP contribution in [0.5, 0.6) is 0 Å². The van der Waals surface area contributed by atoms with Crippen LogP contribution in [0.15, 0.2) is 24.3 Å². The number of nitrogens with zero attached hydrogens (tertiary/aromatic N) is 4. The largest absolute Gasteiger partial charge is 0.447 e. The van der Waals surface area contributed by atoms with E-state index in [0.29, 0.717) is 15.7 Å². The summed E-state index contributed by atoms with van der Waals surface area (Å²) in [6.07, 6.45) is -1.09. The van der Waals surface area contributed by atoms with E-state index in [4.69, 9.17) is 27.9 Å². The molecule has 8 nitrogen and oxygen atoms in total. The second-order valence-electron chi connectivity index (χ2n) is 5.88. The fourth-order valence-electron chi connectivity index (χ4n) is 2.39. The van der Waals surface area contributed by atoms with Gasteiger partial charge < -0.3 is 10.1 Å². The monoisotopic (exact) mass is 407 g/mol. The van der Waals surface area contributed by atoms with Crippen LogP contribution in [0.3, 0.4) is 0 Å². The van der Waals surface area contributed by atoms with E-state index in [1.807, 2.05) is 19.9 Å². The van der Waals surface area contributed by atoms with Crippen molar-refractivity contribution in [1.82, 2.24) is 19.6 Å². The van der Waals surface area contributed by atoms with Gasteiger partial charge in [-0.3, -0.25) is 4.79 Å². The van der Waals surface area contributed by atoms with Gasteiger partial charge in [0, 0.05) is 27.1 Å². The number of halogens is 2. The molecule has 10 heteroatoms. The standard InChI is InChI=1S/C17H15Cl2N5O3/c1-8-4-9(2)24-17(20-8)22-14(23-24)16(26)27-10(3)15(25)21-13-6-11(18)5-12(19)7-13/h4-7,10H,1-3H3,(H,21,25)/t10-/m0/s1. The van der Waals surface area contributed by atoms with E-state index in [9.17, 15) is 9.59 Å². The lowest BCUT2D eigenvalue weighted by molar-refractivity contribution is -0.123. The quantitative estimate of drug-likeness (QED) is 0.666. The Morgan fingerprint density at radius 3 is 2.44 bits per heavy atom. The van der Waals surface area contributed by atoms with Crippen LogP contribution in [0.2, 0.25) is 10.0 Å². The van der Waals surface area contributed by atoms with Crippen molar-refractivity contribution < 1.29 is 14.3 Å². The number of benzene rings is 1. The summed E-state index contributed by atoms with van der Waals surface area (Å²) in [6.45, 7) is 5.06. The third-order valence-electron chi connectivity index (χ3n) is 3.58. The number of carbonyl (C=O) groups excluding carboxylic acids is 2. The fraction of sp³-hybridized carbons (Fsp3) is 0.235. The van der Waals surface area contributed by atoms with Gasteiger partial charge in [-0.2, -0.15) is 4.98 Å². The van der Waals surface area contributed by atoms with E-state index >= 15 is 0 Å². The van der Waals surface area contributed by atoms with Gasteiger partial charge in [0.05, 0.1) is 0 Å². The van der Waals surface area contributed by atoms with Crippen LogP contribution in [-0.4, -0.2) is 37.6 Å². The average Bonchev–Trinajstić information content (AvgIpc) is 2.98. The lowest BCUT2D eigenvalue weighted by atomic mass is 10.3. The number of amides is 1. The molecule has 0 aliphatic heterocycles. The highest BCUT2D eigenvalue weighted by Crippen LogP contribution is 2.22. The highest BCUT2D eigenvalue weighted by atomic mass is 35.5. The van der Waals surface area contributed by atoms with Crippen LogP contribution < -0.4 is 5.32 Å². The van der Waals surface area contributed by atoms with Gasteiger partial charge in [0.25, 0.3) is 17.5 Å². The van der Waals surface area contributed by atoms with E-state index in [-0.39, 0.29) is 11.6 Å². The number of carbonyl (C=O) groups is 2. The van der Waals surface area contributed by atoms with Gasteiger partial charge in [-0.1, -0.05) is 23.2 Å². The lowest BCUT2D eigenvalue weighted by Crippen LogP contribution is -2.30. The Morgan fingerprint density at radius 2 is 1.78 bits per heavy atom. The summed E-state index contributed by atoms with van der Waals surface area (Å²) in [5.41, 5.74) is 1.91. The molecule has 0 unspecified atom stereocenters. The van der Waals surface area contributed by atoms with Crippen molar-refractivity contribution >= 4 is 46.5 Å². The van der Waals surface area contributed by atoms with Gasteiger partial charge in [-0.25, -0.2) is 14.3 Å². The minimum Gasteiger partial charge on any atom is -0.447 e. The molecule has 2 heterocycles. The van der Waals surface area contributed by atoms with Crippen molar-refractivity contribution in [3.8, 4) is 0 Å². The predicted molar refractivity (Wildman–Crippen MR) is 100 cm³/mol. The molecule has 140 valence electrons. The molecule has 0 saturated carbocycles. The number of nitrogens with one attached hydrogen (secondary N) is 1. The second-order valence-corrected chi connectivity index (χ2v) is 6.75. The smallest absolute Gasteiger partial charge is 0.379 e. The summed E-state index contributed by atoms with van der Waals surface area (Å²) in [6, 6.07) is 6.40. The second kappa shape index (κ2) is 7.50. The van der Waals surface area contributed by atoms with Crippen molar-refractivity contribution in [2.75, 3.05) is 5.32 Å². The molecule has 0 aliphatic carbocycles. The van der Waals surface area contributed by atoms with Crippen molar-refractivity contribution in [3.05, 3.63) is 51.5 Å². The molecule has 0 fully saturated rings. The van der Waals surface area contributed by atoms with Gasteiger partial charge in [0.1, 0.15) is 0 Å².